The van der Waals surface area contributed by atoms with Crippen LogP contribution in [0.2, 0.25) is 0 Å². The lowest BCUT2D eigenvalue weighted by atomic mass is 9.87. The average Bonchev–Trinajstić information content (AvgIpc) is 3.18. The number of nitrogens with zero attached hydrogens (tertiary/aromatic N) is 3. The second kappa shape index (κ2) is 10.7. The van der Waals surface area contributed by atoms with E-state index >= 15 is 0 Å². The molecule has 1 unspecified atom stereocenters. The van der Waals surface area contributed by atoms with Gasteiger partial charge in [0.15, 0.2) is 0 Å². The predicted molar refractivity (Wildman–Crippen MR) is 113 cm³/mol. The van der Waals surface area contributed by atoms with Crippen LogP contribution in [-0.4, -0.2) is 54.3 Å². The number of aromatic nitrogens is 2. The molecule has 8 heteroatoms. The van der Waals surface area contributed by atoms with Crippen LogP contribution in [0.5, 0.6) is 0 Å². The highest BCUT2D eigenvalue weighted by Gasteiger charge is 2.42. The second-order valence-corrected chi connectivity index (χ2v) is 6.83. The zero-order valence-corrected chi connectivity index (χ0v) is 17.4. The third kappa shape index (κ3) is 5.23. The van der Waals surface area contributed by atoms with Crippen molar-refractivity contribution in [2.75, 3.05) is 33.7 Å². The van der Waals surface area contributed by atoms with Gasteiger partial charge in [0.05, 0.1) is 6.04 Å². The van der Waals surface area contributed by atoms with Crippen LogP contribution in [0.15, 0.2) is 48.8 Å². The maximum absolute atomic E-state index is 13.2. The molecule has 2 heterocycles. The first-order valence-electron chi connectivity index (χ1n) is 8.84. The van der Waals surface area contributed by atoms with Crippen molar-refractivity contribution in [1.29, 1.82) is 0 Å². The van der Waals surface area contributed by atoms with Gasteiger partial charge in [-0.1, -0.05) is 30.3 Å². The van der Waals surface area contributed by atoms with E-state index in [2.05, 4.69) is 32.8 Å². The number of hydrogen-bond acceptors (Lipinski definition) is 4. The number of carbonyl (C=O) groups excluding carboxylic acids is 1. The van der Waals surface area contributed by atoms with E-state index in [-0.39, 0.29) is 36.8 Å². The monoisotopic (exact) mass is 413 g/mol. The SMILES string of the molecule is CN(C)C(CNC(=O)C1(n2cccn2)CCNCC1)c1ccccc1.Cl.Cl. The van der Waals surface area contributed by atoms with E-state index in [4.69, 9.17) is 0 Å². The van der Waals surface area contributed by atoms with Crippen molar-refractivity contribution >= 4 is 30.7 Å². The molecule has 0 saturated carbocycles. The Balaban J connectivity index is 0.00000182. The van der Waals surface area contributed by atoms with E-state index in [1.807, 2.05) is 49.2 Å². The van der Waals surface area contributed by atoms with Crippen molar-refractivity contribution in [3.63, 3.8) is 0 Å². The topological polar surface area (TPSA) is 62.2 Å². The number of likely N-dealkylation sites (N-methyl/N-ethyl adjacent to an activating group) is 1. The van der Waals surface area contributed by atoms with Crippen molar-refractivity contribution < 1.29 is 4.79 Å². The first-order valence-corrected chi connectivity index (χ1v) is 8.84. The summed E-state index contributed by atoms with van der Waals surface area (Å²) in [5, 5.41) is 10.9. The van der Waals surface area contributed by atoms with Gasteiger partial charge in [0.1, 0.15) is 5.54 Å². The first-order chi connectivity index (χ1) is 12.1. The molecule has 1 aliphatic rings. The lowest BCUT2D eigenvalue weighted by Gasteiger charge is -2.37. The third-order valence-electron chi connectivity index (χ3n) is 5.06. The summed E-state index contributed by atoms with van der Waals surface area (Å²) in [4.78, 5) is 15.3. The molecule has 0 aliphatic carbocycles. The van der Waals surface area contributed by atoms with Crippen LogP contribution in [0.1, 0.15) is 24.4 Å². The fourth-order valence-corrected chi connectivity index (χ4v) is 3.55. The lowest BCUT2D eigenvalue weighted by molar-refractivity contribution is -0.132. The molecule has 0 radical (unpaired) electrons. The molecule has 1 amide bonds. The molecule has 6 nitrogen and oxygen atoms in total. The van der Waals surface area contributed by atoms with Gasteiger partial charge in [0, 0.05) is 18.9 Å². The van der Waals surface area contributed by atoms with Crippen LogP contribution in [0.25, 0.3) is 0 Å². The molecule has 150 valence electrons. The lowest BCUT2D eigenvalue weighted by Crippen LogP contribution is -2.55. The number of halogens is 2. The maximum atomic E-state index is 13.2. The minimum atomic E-state index is -0.595. The van der Waals surface area contributed by atoms with E-state index in [0.29, 0.717) is 6.54 Å². The van der Waals surface area contributed by atoms with Crippen molar-refractivity contribution in [2.24, 2.45) is 0 Å². The summed E-state index contributed by atoms with van der Waals surface area (Å²) in [5.74, 6) is 0.0560. The Kier molecular flexibility index (Phi) is 9.26. The van der Waals surface area contributed by atoms with Gasteiger partial charge in [-0.25, -0.2) is 0 Å². The second-order valence-electron chi connectivity index (χ2n) is 6.83. The van der Waals surface area contributed by atoms with Gasteiger partial charge < -0.3 is 15.5 Å². The molecule has 1 atom stereocenters. The number of benzene rings is 1. The fourth-order valence-electron chi connectivity index (χ4n) is 3.55. The van der Waals surface area contributed by atoms with Crippen LogP contribution in [-0.2, 0) is 10.3 Å². The van der Waals surface area contributed by atoms with E-state index in [9.17, 15) is 4.79 Å². The Morgan fingerprint density at radius 3 is 2.44 bits per heavy atom. The molecular weight excluding hydrogens is 385 g/mol. The quantitative estimate of drug-likeness (QED) is 0.761. The Morgan fingerprint density at radius 1 is 1.22 bits per heavy atom. The standard InChI is InChI=1S/C19H27N5O.2ClH/c1-23(2)17(16-7-4-3-5-8-16)15-21-18(25)19(9-12-20-13-10-19)24-14-6-11-22-24;;/h3-8,11,14,17,20H,9-10,12-13,15H2,1-2H3,(H,21,25);2*1H. The molecule has 0 spiro atoms. The number of rotatable bonds is 6. The number of carbonyl (C=O) groups is 1. The molecule has 0 bridgehead atoms. The number of piperidine rings is 1. The summed E-state index contributed by atoms with van der Waals surface area (Å²) in [5.41, 5.74) is 0.605. The summed E-state index contributed by atoms with van der Waals surface area (Å²) >= 11 is 0. The van der Waals surface area contributed by atoms with E-state index < -0.39 is 5.54 Å². The van der Waals surface area contributed by atoms with Gasteiger partial charge in [0.2, 0.25) is 5.91 Å². The maximum Gasteiger partial charge on any atom is 0.248 e. The molecule has 1 aromatic heterocycles. The van der Waals surface area contributed by atoms with Crippen LogP contribution in [0.4, 0.5) is 0 Å². The molecule has 2 aromatic rings. The number of amides is 1. The Hall–Kier alpha value is -1.60. The Labute approximate surface area is 173 Å². The highest BCUT2D eigenvalue weighted by Crippen LogP contribution is 2.27. The summed E-state index contributed by atoms with van der Waals surface area (Å²) in [6, 6.07) is 12.3. The van der Waals surface area contributed by atoms with Gasteiger partial charge in [-0.15, -0.1) is 24.8 Å². The van der Waals surface area contributed by atoms with Gasteiger partial charge in [-0.05, 0) is 51.7 Å². The molecule has 1 aliphatic heterocycles. The third-order valence-corrected chi connectivity index (χ3v) is 5.06. The van der Waals surface area contributed by atoms with Gasteiger partial charge in [0.25, 0.3) is 0 Å². The minimum Gasteiger partial charge on any atom is -0.352 e. The largest absolute Gasteiger partial charge is 0.352 e. The summed E-state index contributed by atoms with van der Waals surface area (Å²) < 4.78 is 1.83. The van der Waals surface area contributed by atoms with Gasteiger partial charge in [-0.3, -0.25) is 9.48 Å². The van der Waals surface area contributed by atoms with Crippen molar-refractivity contribution in [2.45, 2.75) is 24.4 Å². The van der Waals surface area contributed by atoms with Gasteiger partial charge >= 0.3 is 0 Å². The van der Waals surface area contributed by atoms with E-state index in [1.54, 1.807) is 6.20 Å². The zero-order chi connectivity index (χ0) is 17.7. The normalized spacial score (nSPS) is 16.7. The highest BCUT2D eigenvalue weighted by atomic mass is 35.5. The molecule has 1 aromatic carbocycles. The molecule has 27 heavy (non-hydrogen) atoms. The highest BCUT2D eigenvalue weighted by molar-refractivity contribution is 5.85. The van der Waals surface area contributed by atoms with Crippen LogP contribution < -0.4 is 10.6 Å². The smallest absolute Gasteiger partial charge is 0.248 e. The zero-order valence-electron chi connectivity index (χ0n) is 15.8. The van der Waals surface area contributed by atoms with Crippen LogP contribution in [0.3, 0.4) is 0 Å². The molecule has 1 fully saturated rings. The van der Waals surface area contributed by atoms with Crippen molar-refractivity contribution in [3.05, 3.63) is 54.4 Å². The summed E-state index contributed by atoms with van der Waals surface area (Å²) in [7, 11) is 4.08. The van der Waals surface area contributed by atoms with Crippen LogP contribution >= 0.6 is 24.8 Å². The Morgan fingerprint density at radius 2 is 1.89 bits per heavy atom. The van der Waals surface area contributed by atoms with Crippen molar-refractivity contribution in [1.82, 2.24) is 25.3 Å². The fraction of sp³-hybridized carbons (Fsp3) is 0.474. The van der Waals surface area contributed by atoms with Crippen LogP contribution in [0, 0.1) is 0 Å². The summed E-state index contributed by atoms with van der Waals surface area (Å²) in [6.45, 7) is 2.22. The first kappa shape index (κ1) is 23.4. The predicted octanol–water partition coefficient (Wildman–Crippen LogP) is 2.22. The van der Waals surface area contributed by atoms with Crippen molar-refractivity contribution in [3.8, 4) is 0 Å². The van der Waals surface area contributed by atoms with Gasteiger partial charge in [-0.2, -0.15) is 5.10 Å². The Bertz CT molecular complexity index is 673. The number of nitrogens with one attached hydrogen (secondary N) is 2. The van der Waals surface area contributed by atoms with E-state index in [1.165, 1.54) is 5.56 Å². The van der Waals surface area contributed by atoms with E-state index in [0.717, 1.165) is 25.9 Å². The molecule has 1 saturated heterocycles. The number of hydrogen-bond donors (Lipinski definition) is 2. The average molecular weight is 414 g/mol. The molecule has 2 N–H and O–H groups in total. The summed E-state index contributed by atoms with van der Waals surface area (Å²) in [6.07, 6.45) is 5.13. The molecule has 3 rings (SSSR count). The molecular formula is C19H29Cl2N5O. The minimum absolute atomic E-state index is 0.